The van der Waals surface area contributed by atoms with E-state index in [0.717, 1.165) is 0 Å². The molecule has 0 aliphatic heterocycles. The lowest BCUT2D eigenvalue weighted by atomic mass is 10.2. The van der Waals surface area contributed by atoms with Gasteiger partial charge in [-0.25, -0.2) is 0 Å². The van der Waals surface area contributed by atoms with Crippen LogP contribution >= 0.6 is 11.6 Å². The standard InChI is InChI=1S/C16H16ClNO3Si/c1-21-15-12(7-8-22(2,3)4)14(19)11-6-5-10(17)9-13(11)18-16(15)20/h5-6,9H,1-4H3,(H,18,20). The van der Waals surface area contributed by atoms with Gasteiger partial charge >= 0.3 is 0 Å². The first kappa shape index (κ1) is 16.3. The molecule has 6 heteroatoms. The van der Waals surface area contributed by atoms with Gasteiger partial charge in [0.25, 0.3) is 5.56 Å². The first-order valence-corrected chi connectivity index (χ1v) is 10.6. The summed E-state index contributed by atoms with van der Waals surface area (Å²) in [6.07, 6.45) is 0. The summed E-state index contributed by atoms with van der Waals surface area (Å²) in [4.78, 5) is 27.6. The van der Waals surface area contributed by atoms with Crippen LogP contribution in [0.4, 0.5) is 0 Å². The number of hydrogen-bond donors (Lipinski definition) is 1. The predicted molar refractivity (Wildman–Crippen MR) is 92.6 cm³/mol. The van der Waals surface area contributed by atoms with Crippen LogP contribution in [0.3, 0.4) is 0 Å². The van der Waals surface area contributed by atoms with Gasteiger partial charge in [-0.15, -0.1) is 5.54 Å². The van der Waals surface area contributed by atoms with E-state index in [1.54, 1.807) is 12.1 Å². The number of nitrogens with one attached hydrogen (secondary N) is 1. The number of ether oxygens (including phenoxy) is 1. The van der Waals surface area contributed by atoms with Crippen molar-refractivity contribution in [1.82, 2.24) is 4.98 Å². The van der Waals surface area contributed by atoms with Crippen molar-refractivity contribution in [2.75, 3.05) is 7.11 Å². The minimum absolute atomic E-state index is 0.0666. The molecule has 0 aliphatic carbocycles. The number of hydrogen-bond acceptors (Lipinski definition) is 3. The Morgan fingerprint density at radius 1 is 1.23 bits per heavy atom. The Bertz CT molecular complexity index is 917. The van der Waals surface area contributed by atoms with Gasteiger partial charge in [-0.1, -0.05) is 37.2 Å². The van der Waals surface area contributed by atoms with Crippen LogP contribution in [0.25, 0.3) is 10.9 Å². The fourth-order valence-electron chi connectivity index (χ4n) is 1.91. The molecule has 0 fully saturated rings. The van der Waals surface area contributed by atoms with Crippen LogP contribution in [0.1, 0.15) is 5.56 Å². The fourth-order valence-corrected chi connectivity index (χ4v) is 2.58. The number of fused-ring (bicyclic) bond motifs is 1. The molecule has 0 saturated carbocycles. The highest BCUT2D eigenvalue weighted by Crippen LogP contribution is 2.16. The van der Waals surface area contributed by atoms with Crippen molar-refractivity contribution in [2.24, 2.45) is 0 Å². The second-order valence-corrected chi connectivity index (χ2v) is 11.1. The van der Waals surface area contributed by atoms with E-state index in [-0.39, 0.29) is 16.7 Å². The molecule has 1 N–H and O–H groups in total. The molecule has 1 heterocycles. The van der Waals surface area contributed by atoms with Crippen LogP contribution in [0, 0.1) is 11.5 Å². The van der Waals surface area contributed by atoms with Gasteiger partial charge in [-0.2, -0.15) is 0 Å². The highest BCUT2D eigenvalue weighted by Gasteiger charge is 2.14. The quantitative estimate of drug-likeness (QED) is 0.645. The zero-order chi connectivity index (χ0) is 16.5. The summed E-state index contributed by atoms with van der Waals surface area (Å²) in [7, 11) is -0.359. The highest BCUT2D eigenvalue weighted by atomic mass is 35.5. The summed E-state index contributed by atoms with van der Waals surface area (Å²) in [5, 5.41) is 0.784. The minimum atomic E-state index is -1.71. The summed E-state index contributed by atoms with van der Waals surface area (Å²) in [5.74, 6) is 2.79. The van der Waals surface area contributed by atoms with Crippen molar-refractivity contribution in [1.29, 1.82) is 0 Å². The molecule has 0 bridgehead atoms. The molecule has 22 heavy (non-hydrogen) atoms. The van der Waals surface area contributed by atoms with Crippen LogP contribution in [0.15, 0.2) is 27.8 Å². The summed E-state index contributed by atoms with van der Waals surface area (Å²) in [6.45, 7) is 6.17. The van der Waals surface area contributed by atoms with Crippen molar-refractivity contribution in [2.45, 2.75) is 19.6 Å². The SMILES string of the molecule is COc1c(C#C[Si](C)(C)C)c(=O)c2ccc(Cl)cc2[nH]c1=O. The zero-order valence-electron chi connectivity index (χ0n) is 12.8. The molecule has 1 aromatic heterocycles. The molecule has 1 aromatic carbocycles. The minimum Gasteiger partial charge on any atom is -0.490 e. The predicted octanol–water partition coefficient (Wildman–Crippen LogP) is 2.78. The number of methoxy groups -OCH3 is 1. The van der Waals surface area contributed by atoms with Crippen LogP contribution in [-0.4, -0.2) is 20.2 Å². The van der Waals surface area contributed by atoms with Crippen molar-refractivity contribution in [3.8, 4) is 17.2 Å². The monoisotopic (exact) mass is 333 g/mol. The molecule has 0 atom stereocenters. The third-order valence-electron chi connectivity index (χ3n) is 2.90. The van der Waals surface area contributed by atoms with Gasteiger partial charge in [0, 0.05) is 10.4 Å². The lowest BCUT2D eigenvalue weighted by Crippen LogP contribution is -2.17. The van der Waals surface area contributed by atoms with Crippen LogP contribution in [0.2, 0.25) is 24.7 Å². The molecule has 0 unspecified atom stereocenters. The first-order chi connectivity index (χ1) is 10.2. The van der Waals surface area contributed by atoms with Gasteiger partial charge in [-0.05, 0) is 18.2 Å². The number of H-pyrrole nitrogens is 1. The summed E-state index contributed by atoms with van der Waals surface area (Å²) in [6, 6.07) is 4.72. The van der Waals surface area contributed by atoms with Gasteiger partial charge in [0.15, 0.2) is 0 Å². The lowest BCUT2D eigenvalue weighted by Gasteiger charge is -2.03. The fraction of sp³-hybridized carbons (Fsp3) is 0.250. The zero-order valence-corrected chi connectivity index (χ0v) is 14.6. The van der Waals surface area contributed by atoms with Crippen LogP contribution in [-0.2, 0) is 0 Å². The maximum atomic E-state index is 12.7. The third-order valence-corrected chi connectivity index (χ3v) is 4.01. The number of rotatable bonds is 1. The molecule has 114 valence electrons. The topological polar surface area (TPSA) is 59.2 Å². The second-order valence-electron chi connectivity index (χ2n) is 5.88. The van der Waals surface area contributed by atoms with Gasteiger partial charge in [0.05, 0.1) is 12.6 Å². The lowest BCUT2D eigenvalue weighted by molar-refractivity contribution is 0.408. The number of aromatic nitrogens is 1. The number of aromatic amines is 1. The Balaban J connectivity index is 2.99. The van der Waals surface area contributed by atoms with E-state index in [4.69, 9.17) is 16.3 Å². The average Bonchev–Trinajstić information content (AvgIpc) is 2.50. The number of benzene rings is 1. The molecule has 0 amide bonds. The second kappa shape index (κ2) is 5.99. The number of halogens is 1. The molecule has 2 rings (SSSR count). The Hall–Kier alpha value is -2.03. The van der Waals surface area contributed by atoms with Crippen LogP contribution < -0.4 is 15.7 Å². The van der Waals surface area contributed by atoms with Crippen molar-refractivity contribution in [3.63, 3.8) is 0 Å². The maximum absolute atomic E-state index is 12.7. The Labute approximate surface area is 134 Å². The maximum Gasteiger partial charge on any atom is 0.292 e. The van der Waals surface area contributed by atoms with E-state index in [9.17, 15) is 9.59 Å². The average molecular weight is 334 g/mol. The van der Waals surface area contributed by atoms with Crippen molar-refractivity contribution < 1.29 is 4.74 Å². The Kier molecular flexibility index (Phi) is 4.45. The summed E-state index contributed by atoms with van der Waals surface area (Å²) >= 11 is 5.92. The largest absolute Gasteiger partial charge is 0.490 e. The van der Waals surface area contributed by atoms with E-state index < -0.39 is 13.6 Å². The molecule has 0 aliphatic rings. The molecular weight excluding hydrogens is 318 g/mol. The van der Waals surface area contributed by atoms with Gasteiger partial charge in [0.2, 0.25) is 11.2 Å². The van der Waals surface area contributed by atoms with Gasteiger partial charge in [0.1, 0.15) is 13.6 Å². The molecule has 0 saturated heterocycles. The van der Waals surface area contributed by atoms with E-state index in [1.807, 2.05) is 0 Å². The van der Waals surface area contributed by atoms with E-state index in [2.05, 4.69) is 36.1 Å². The Morgan fingerprint density at radius 3 is 2.50 bits per heavy atom. The summed E-state index contributed by atoms with van der Waals surface area (Å²) < 4.78 is 5.12. The molecule has 4 nitrogen and oxygen atoms in total. The molecular formula is C16H16ClNO3Si. The van der Waals surface area contributed by atoms with E-state index >= 15 is 0 Å². The molecule has 0 spiro atoms. The normalized spacial score (nSPS) is 11.0. The Morgan fingerprint density at radius 2 is 1.91 bits per heavy atom. The van der Waals surface area contributed by atoms with Gasteiger partial charge < -0.3 is 9.72 Å². The highest BCUT2D eigenvalue weighted by molar-refractivity contribution is 6.83. The molecule has 2 aromatic rings. The summed E-state index contributed by atoms with van der Waals surface area (Å²) in [5.41, 5.74) is 2.71. The molecule has 0 radical (unpaired) electrons. The first-order valence-electron chi connectivity index (χ1n) is 6.70. The van der Waals surface area contributed by atoms with E-state index in [1.165, 1.54) is 13.2 Å². The van der Waals surface area contributed by atoms with Crippen molar-refractivity contribution in [3.05, 3.63) is 49.4 Å². The smallest absolute Gasteiger partial charge is 0.292 e. The van der Waals surface area contributed by atoms with E-state index in [0.29, 0.717) is 15.9 Å². The van der Waals surface area contributed by atoms with Crippen LogP contribution in [0.5, 0.6) is 5.75 Å². The van der Waals surface area contributed by atoms with Gasteiger partial charge in [-0.3, -0.25) is 9.59 Å². The third kappa shape index (κ3) is 3.41. The van der Waals surface area contributed by atoms with Crippen molar-refractivity contribution >= 4 is 30.6 Å².